The number of aryl methyl sites for hydroxylation is 1. The predicted octanol–water partition coefficient (Wildman–Crippen LogP) is 5.35. The molecule has 1 aromatic heterocycles. The Hall–Kier alpha value is -1.59. The number of hydrogen-bond acceptors (Lipinski definition) is 4. The van der Waals surface area contributed by atoms with Gasteiger partial charge in [0.25, 0.3) is 0 Å². The molecular formula is C19H33N3O3. The highest BCUT2D eigenvalue weighted by molar-refractivity contribution is 5.65. The van der Waals surface area contributed by atoms with Crippen LogP contribution >= 0.6 is 0 Å². The summed E-state index contributed by atoms with van der Waals surface area (Å²) >= 11 is 0. The second-order valence-corrected chi connectivity index (χ2v) is 7.11. The molecule has 0 saturated carbocycles. The minimum atomic E-state index is -0.906. The predicted molar refractivity (Wildman–Crippen MR) is 96.6 cm³/mol. The van der Waals surface area contributed by atoms with Gasteiger partial charge in [-0.1, -0.05) is 69.9 Å². The van der Waals surface area contributed by atoms with Crippen LogP contribution in [-0.4, -0.2) is 32.8 Å². The van der Waals surface area contributed by atoms with Gasteiger partial charge in [0.15, 0.2) is 5.82 Å². The summed E-state index contributed by atoms with van der Waals surface area (Å²) in [5, 5.41) is 13.2. The molecule has 2 heterocycles. The lowest BCUT2D eigenvalue weighted by atomic mass is 10.1. The van der Waals surface area contributed by atoms with Crippen molar-refractivity contribution < 1.29 is 14.4 Å². The molecule has 25 heavy (non-hydrogen) atoms. The van der Waals surface area contributed by atoms with Crippen molar-refractivity contribution in [2.24, 2.45) is 0 Å². The first-order chi connectivity index (χ1) is 12.2. The lowest BCUT2D eigenvalue weighted by molar-refractivity contribution is 0.131. The molecule has 0 bridgehead atoms. The van der Waals surface area contributed by atoms with Gasteiger partial charge >= 0.3 is 6.09 Å². The fourth-order valence-corrected chi connectivity index (χ4v) is 3.53. The number of rotatable bonds is 12. The average Bonchev–Trinajstić information content (AvgIpc) is 3.25. The van der Waals surface area contributed by atoms with E-state index in [1.54, 1.807) is 0 Å². The Kier molecular flexibility index (Phi) is 8.77. The summed E-state index contributed by atoms with van der Waals surface area (Å²) < 4.78 is 5.31. The second-order valence-electron chi connectivity index (χ2n) is 7.11. The van der Waals surface area contributed by atoms with Gasteiger partial charge in [-0.15, -0.1) is 0 Å². The van der Waals surface area contributed by atoms with Crippen LogP contribution in [0.15, 0.2) is 4.52 Å². The fraction of sp³-hybridized carbons (Fsp3) is 0.842. The molecule has 0 spiro atoms. The summed E-state index contributed by atoms with van der Waals surface area (Å²) in [6, 6.07) is -0.258. The van der Waals surface area contributed by atoms with Crippen LogP contribution in [0.25, 0.3) is 0 Å². The summed E-state index contributed by atoms with van der Waals surface area (Å²) in [5.41, 5.74) is 0. The zero-order valence-electron chi connectivity index (χ0n) is 15.6. The van der Waals surface area contributed by atoms with E-state index in [1.807, 2.05) is 0 Å². The Morgan fingerprint density at radius 1 is 1.12 bits per heavy atom. The van der Waals surface area contributed by atoms with Crippen LogP contribution in [-0.2, 0) is 6.42 Å². The van der Waals surface area contributed by atoms with E-state index >= 15 is 0 Å². The first-order valence-corrected chi connectivity index (χ1v) is 10.0. The molecule has 1 fully saturated rings. The maximum atomic E-state index is 11.2. The Bertz CT molecular complexity index is 504. The first-order valence-electron chi connectivity index (χ1n) is 10.0. The molecule has 6 nitrogen and oxygen atoms in total. The normalized spacial score (nSPS) is 17.3. The summed E-state index contributed by atoms with van der Waals surface area (Å²) in [6.07, 6.45) is 14.6. The maximum Gasteiger partial charge on any atom is 0.407 e. The highest BCUT2D eigenvalue weighted by Crippen LogP contribution is 2.30. The Balaban J connectivity index is 1.57. The molecule has 0 radical (unpaired) electrons. The second kappa shape index (κ2) is 11.1. The average molecular weight is 351 g/mol. The number of hydrogen-bond donors (Lipinski definition) is 1. The van der Waals surface area contributed by atoms with E-state index in [2.05, 4.69) is 17.1 Å². The van der Waals surface area contributed by atoms with E-state index in [9.17, 15) is 9.90 Å². The molecule has 1 aliphatic heterocycles. The largest absolute Gasteiger partial charge is 0.465 e. The maximum absolute atomic E-state index is 11.2. The quantitative estimate of drug-likeness (QED) is 0.514. The van der Waals surface area contributed by atoms with Gasteiger partial charge in [0.05, 0.1) is 0 Å². The topological polar surface area (TPSA) is 79.5 Å². The zero-order valence-corrected chi connectivity index (χ0v) is 15.6. The van der Waals surface area contributed by atoms with E-state index in [4.69, 9.17) is 4.52 Å². The molecule has 1 saturated heterocycles. The minimum Gasteiger partial charge on any atom is -0.465 e. The van der Waals surface area contributed by atoms with Gasteiger partial charge in [0.2, 0.25) is 5.89 Å². The van der Waals surface area contributed by atoms with Crippen LogP contribution < -0.4 is 0 Å². The summed E-state index contributed by atoms with van der Waals surface area (Å²) in [4.78, 5) is 17.0. The number of carboxylic acid groups (broad SMARTS) is 1. The van der Waals surface area contributed by atoms with Crippen LogP contribution in [0.2, 0.25) is 0 Å². The van der Waals surface area contributed by atoms with Crippen LogP contribution in [0.5, 0.6) is 0 Å². The molecule has 1 atom stereocenters. The molecule has 0 aliphatic carbocycles. The minimum absolute atomic E-state index is 0.258. The number of likely N-dealkylation sites (tertiary alicyclic amines) is 1. The van der Waals surface area contributed by atoms with Crippen molar-refractivity contribution in [3.8, 4) is 0 Å². The van der Waals surface area contributed by atoms with Gasteiger partial charge in [0, 0.05) is 13.0 Å². The third-order valence-electron chi connectivity index (χ3n) is 5.02. The van der Waals surface area contributed by atoms with E-state index in [0.29, 0.717) is 18.3 Å². The third-order valence-corrected chi connectivity index (χ3v) is 5.02. The number of carbonyl (C=O) groups is 1. The highest BCUT2D eigenvalue weighted by atomic mass is 16.5. The lowest BCUT2D eigenvalue weighted by Gasteiger charge is -2.17. The van der Waals surface area contributed by atoms with Crippen LogP contribution in [0.4, 0.5) is 4.79 Å². The highest BCUT2D eigenvalue weighted by Gasteiger charge is 2.33. The van der Waals surface area contributed by atoms with Gasteiger partial charge < -0.3 is 9.63 Å². The monoisotopic (exact) mass is 351 g/mol. The fourth-order valence-electron chi connectivity index (χ4n) is 3.53. The van der Waals surface area contributed by atoms with Crippen molar-refractivity contribution in [2.45, 2.75) is 96.4 Å². The molecule has 6 heteroatoms. The van der Waals surface area contributed by atoms with Crippen LogP contribution in [0, 0.1) is 0 Å². The van der Waals surface area contributed by atoms with Gasteiger partial charge in [-0.25, -0.2) is 4.79 Å². The van der Waals surface area contributed by atoms with Crippen molar-refractivity contribution in [3.63, 3.8) is 0 Å². The molecule has 1 aromatic rings. The summed E-state index contributed by atoms with van der Waals surface area (Å²) in [6.45, 7) is 2.80. The van der Waals surface area contributed by atoms with Crippen LogP contribution in [0.3, 0.4) is 0 Å². The van der Waals surface area contributed by atoms with E-state index in [0.717, 1.165) is 25.7 Å². The number of aromatic nitrogens is 2. The molecule has 1 N–H and O–H groups in total. The van der Waals surface area contributed by atoms with Crippen molar-refractivity contribution in [1.82, 2.24) is 15.0 Å². The van der Waals surface area contributed by atoms with Gasteiger partial charge in [-0.2, -0.15) is 4.98 Å². The summed E-state index contributed by atoms with van der Waals surface area (Å²) in [7, 11) is 0. The standard InChI is InChI=1S/C19H33N3O3/c1-2-3-4-5-6-7-8-9-10-11-14-17-20-18(25-21-17)16-13-12-15-22(16)19(23)24/h16H,2-15H2,1H3,(H,23,24). The molecule has 1 unspecified atom stereocenters. The molecule has 0 aromatic carbocycles. The van der Waals surface area contributed by atoms with Gasteiger partial charge in [0.1, 0.15) is 6.04 Å². The van der Waals surface area contributed by atoms with E-state index in [-0.39, 0.29) is 6.04 Å². The Labute approximate surface area is 151 Å². The first kappa shape index (κ1) is 19.7. The number of amides is 1. The van der Waals surface area contributed by atoms with Gasteiger partial charge in [-0.05, 0) is 19.3 Å². The van der Waals surface area contributed by atoms with Crippen molar-refractivity contribution in [3.05, 3.63) is 11.7 Å². The Morgan fingerprint density at radius 3 is 2.40 bits per heavy atom. The number of nitrogens with zero attached hydrogens (tertiary/aromatic N) is 3. The third kappa shape index (κ3) is 6.67. The number of unbranched alkanes of at least 4 members (excludes halogenated alkanes) is 9. The van der Waals surface area contributed by atoms with Crippen molar-refractivity contribution >= 4 is 6.09 Å². The molecule has 1 aliphatic rings. The molecular weight excluding hydrogens is 318 g/mol. The molecule has 142 valence electrons. The van der Waals surface area contributed by atoms with Crippen molar-refractivity contribution in [1.29, 1.82) is 0 Å². The van der Waals surface area contributed by atoms with E-state index < -0.39 is 6.09 Å². The van der Waals surface area contributed by atoms with E-state index in [1.165, 1.54) is 62.7 Å². The van der Waals surface area contributed by atoms with Gasteiger partial charge in [-0.3, -0.25) is 4.90 Å². The smallest absolute Gasteiger partial charge is 0.407 e. The lowest BCUT2D eigenvalue weighted by Crippen LogP contribution is -2.28. The SMILES string of the molecule is CCCCCCCCCCCCc1noc(C2CCCN2C(=O)O)n1. The molecule has 2 rings (SSSR count). The summed E-state index contributed by atoms with van der Waals surface area (Å²) in [5.74, 6) is 1.17. The Morgan fingerprint density at radius 2 is 1.76 bits per heavy atom. The zero-order chi connectivity index (χ0) is 17.9. The van der Waals surface area contributed by atoms with Crippen LogP contribution in [0.1, 0.15) is 102 Å². The van der Waals surface area contributed by atoms with Crippen molar-refractivity contribution in [2.75, 3.05) is 6.54 Å². The molecule has 1 amide bonds.